The molecule has 0 bridgehead atoms. The van der Waals surface area contributed by atoms with Gasteiger partial charge in [0.05, 0.1) is 6.42 Å². The van der Waals surface area contributed by atoms with Gasteiger partial charge in [0.1, 0.15) is 6.61 Å². The van der Waals surface area contributed by atoms with Crippen LogP contribution in [0.5, 0.6) is 0 Å². The van der Waals surface area contributed by atoms with Gasteiger partial charge in [-0.3, -0.25) is 4.79 Å². The molecule has 1 fully saturated rings. The Hall–Kier alpha value is -0.530. The molecule has 0 aromatic heterocycles. The fourth-order valence-electron chi connectivity index (χ4n) is 0.458. The zero-order chi connectivity index (χ0) is 5.11. The van der Waals surface area contributed by atoms with E-state index in [0.29, 0.717) is 0 Å². The van der Waals surface area contributed by atoms with Gasteiger partial charge in [0.25, 0.3) is 0 Å². The summed E-state index contributed by atoms with van der Waals surface area (Å²) in [6.07, 6.45) is 3.24. The molecule has 1 saturated heterocycles. The number of esters is 1. The highest BCUT2D eigenvalue weighted by Gasteiger charge is 2.08. The van der Waals surface area contributed by atoms with Crippen molar-refractivity contribution in [3.05, 3.63) is 13.0 Å². The van der Waals surface area contributed by atoms with E-state index in [1.165, 1.54) is 6.61 Å². The maximum Gasteiger partial charge on any atom is 0.310 e. The van der Waals surface area contributed by atoms with Crippen LogP contribution in [0.25, 0.3) is 0 Å². The Bertz CT molecular complexity index is 70.1. The van der Waals surface area contributed by atoms with E-state index >= 15 is 0 Å². The summed E-state index contributed by atoms with van der Waals surface area (Å²) in [5, 5.41) is 0. The summed E-state index contributed by atoms with van der Waals surface area (Å²) in [4.78, 5) is 10.2. The van der Waals surface area contributed by atoms with Crippen molar-refractivity contribution in [2.24, 2.45) is 0 Å². The summed E-state index contributed by atoms with van der Waals surface area (Å²) < 4.78 is 4.46. The molecule has 0 unspecified atom stereocenters. The van der Waals surface area contributed by atoms with Gasteiger partial charge in [0.2, 0.25) is 0 Å². The molecule has 1 rings (SSSR count). The van der Waals surface area contributed by atoms with E-state index in [1.807, 2.05) is 0 Å². The van der Waals surface area contributed by atoms with E-state index in [9.17, 15) is 4.79 Å². The van der Waals surface area contributed by atoms with Gasteiger partial charge in [-0.05, 0) is 12.8 Å². The van der Waals surface area contributed by atoms with Gasteiger partial charge >= 0.3 is 5.97 Å². The molecule has 1 aliphatic rings. The van der Waals surface area contributed by atoms with Crippen LogP contribution in [-0.4, -0.2) is 5.97 Å². The van der Waals surface area contributed by atoms with Crippen molar-refractivity contribution in [1.82, 2.24) is 0 Å². The lowest BCUT2D eigenvalue weighted by atomic mass is 10.2. The maximum atomic E-state index is 10.2. The fourth-order valence-corrected chi connectivity index (χ4v) is 0.458. The van der Waals surface area contributed by atoms with Crippen LogP contribution in [0.2, 0.25) is 0 Å². The van der Waals surface area contributed by atoms with E-state index in [4.69, 9.17) is 0 Å². The van der Waals surface area contributed by atoms with Crippen molar-refractivity contribution in [1.29, 1.82) is 0 Å². The highest BCUT2D eigenvalue weighted by atomic mass is 16.5. The minimum absolute atomic E-state index is 0.216. The molecule has 0 amide bonds. The molecule has 2 heteroatoms. The molecule has 0 aromatic carbocycles. The lowest BCUT2D eigenvalue weighted by molar-refractivity contribution is -0.137. The van der Waals surface area contributed by atoms with E-state index in [2.05, 4.69) is 4.74 Å². The van der Waals surface area contributed by atoms with Gasteiger partial charge in [-0.2, -0.15) is 0 Å². The second-order valence-electron chi connectivity index (χ2n) is 1.39. The molecule has 0 aliphatic carbocycles. The lowest BCUT2D eigenvalue weighted by Crippen LogP contribution is -2.07. The Morgan fingerprint density at radius 1 is 1.57 bits per heavy atom. The van der Waals surface area contributed by atoms with Gasteiger partial charge in [0.15, 0.2) is 0 Å². The van der Waals surface area contributed by atoms with Crippen molar-refractivity contribution >= 4 is 5.97 Å². The number of carbonyl (C=O) groups is 1. The van der Waals surface area contributed by atoms with E-state index in [0.717, 1.165) is 12.8 Å². The third-order valence-electron chi connectivity index (χ3n) is 0.795. The number of ether oxygens (including phenoxy) is 1. The van der Waals surface area contributed by atoms with Crippen LogP contribution in [0.3, 0.4) is 0 Å². The van der Waals surface area contributed by atoms with E-state index < -0.39 is 0 Å². The third-order valence-corrected chi connectivity index (χ3v) is 0.795. The summed E-state index contributed by atoms with van der Waals surface area (Å²) in [7, 11) is 0. The zero-order valence-electron chi connectivity index (χ0n) is 3.89. The van der Waals surface area contributed by atoms with Crippen molar-refractivity contribution in [3.8, 4) is 0 Å². The van der Waals surface area contributed by atoms with E-state index in [-0.39, 0.29) is 5.97 Å². The largest absolute Gasteiger partial charge is 0.458 e. The summed E-state index contributed by atoms with van der Waals surface area (Å²) in [6.45, 7) is 1.53. The normalized spacial score (nSPS) is 21.4. The Labute approximate surface area is 42.5 Å². The predicted molar refractivity (Wildman–Crippen MR) is 23.9 cm³/mol. The number of hydrogen-bond donors (Lipinski definition) is 0. The molecular formula is C5H6O2. The first-order chi connectivity index (χ1) is 3.39. The van der Waals surface area contributed by atoms with Crippen LogP contribution < -0.4 is 0 Å². The second kappa shape index (κ2) is 1.96. The first kappa shape index (κ1) is 4.62. The summed E-state index contributed by atoms with van der Waals surface area (Å²) in [5.74, 6) is -0.216. The van der Waals surface area contributed by atoms with Gasteiger partial charge in [-0.15, -0.1) is 0 Å². The van der Waals surface area contributed by atoms with Crippen molar-refractivity contribution in [3.63, 3.8) is 0 Å². The topological polar surface area (TPSA) is 26.3 Å². The summed E-state index contributed by atoms with van der Waals surface area (Å²) >= 11 is 0. The van der Waals surface area contributed by atoms with Gasteiger partial charge in [-0.1, -0.05) is 0 Å². The minimum atomic E-state index is -0.216. The van der Waals surface area contributed by atoms with Crippen molar-refractivity contribution in [2.45, 2.75) is 12.8 Å². The molecule has 7 heavy (non-hydrogen) atoms. The highest BCUT2D eigenvalue weighted by molar-refractivity contribution is 5.79. The fraction of sp³-hybridized carbons (Fsp3) is 0.400. The smallest absolute Gasteiger partial charge is 0.310 e. The average Bonchev–Trinajstić information content (AvgIpc) is 1.69. The SMILES string of the molecule is O=C1[CH]CC[CH]O1. The molecule has 1 aliphatic heterocycles. The molecule has 2 nitrogen and oxygen atoms in total. The van der Waals surface area contributed by atoms with E-state index in [1.54, 1.807) is 6.42 Å². The first-order valence-electron chi connectivity index (χ1n) is 2.25. The Morgan fingerprint density at radius 2 is 2.43 bits per heavy atom. The molecule has 38 valence electrons. The van der Waals surface area contributed by atoms with Crippen LogP contribution in [0.1, 0.15) is 12.8 Å². The van der Waals surface area contributed by atoms with Crippen LogP contribution in [-0.2, 0) is 9.53 Å². The number of hydrogen-bond acceptors (Lipinski definition) is 2. The second-order valence-corrected chi connectivity index (χ2v) is 1.39. The van der Waals surface area contributed by atoms with Crippen LogP contribution in [0.4, 0.5) is 0 Å². The summed E-state index contributed by atoms with van der Waals surface area (Å²) in [6, 6.07) is 0. The minimum Gasteiger partial charge on any atom is -0.458 e. The van der Waals surface area contributed by atoms with Gasteiger partial charge < -0.3 is 4.74 Å². The van der Waals surface area contributed by atoms with Crippen LogP contribution in [0.15, 0.2) is 0 Å². The van der Waals surface area contributed by atoms with Crippen LogP contribution in [0, 0.1) is 13.0 Å². The number of carbonyl (C=O) groups excluding carboxylic acids is 1. The molecule has 0 saturated carbocycles. The highest BCUT2D eigenvalue weighted by Crippen LogP contribution is 2.07. The molecule has 2 radical (unpaired) electrons. The molecule has 1 heterocycles. The Balaban J connectivity index is 2.25. The molecule has 0 atom stereocenters. The predicted octanol–water partition coefficient (Wildman–Crippen LogP) is 0.689. The Kier molecular flexibility index (Phi) is 1.29. The van der Waals surface area contributed by atoms with Crippen molar-refractivity contribution < 1.29 is 9.53 Å². The molecule has 0 aromatic rings. The van der Waals surface area contributed by atoms with Crippen LogP contribution >= 0.6 is 0 Å². The first-order valence-corrected chi connectivity index (χ1v) is 2.25. The van der Waals surface area contributed by atoms with Gasteiger partial charge in [0, 0.05) is 0 Å². The summed E-state index contributed by atoms with van der Waals surface area (Å²) in [5.41, 5.74) is 0. The molecule has 0 N–H and O–H groups in total. The molecular weight excluding hydrogens is 92.1 g/mol. The maximum absolute atomic E-state index is 10.2. The third kappa shape index (κ3) is 1.18. The Morgan fingerprint density at radius 3 is 2.71 bits per heavy atom. The number of cyclic esters (lactones) is 1. The zero-order valence-corrected chi connectivity index (χ0v) is 3.89. The lowest BCUT2D eigenvalue weighted by Gasteiger charge is -2.06. The molecule has 0 spiro atoms. The monoisotopic (exact) mass is 98.0 g/mol. The van der Waals surface area contributed by atoms with Gasteiger partial charge in [-0.25, -0.2) is 0 Å². The average molecular weight is 98.1 g/mol. The standard InChI is InChI=1S/C5H6O2/c6-5-3-1-2-4-7-5/h3-4H,1-2H2. The quantitative estimate of drug-likeness (QED) is 0.416. The number of rotatable bonds is 0. The van der Waals surface area contributed by atoms with Crippen molar-refractivity contribution in [2.75, 3.05) is 0 Å².